The van der Waals surface area contributed by atoms with E-state index in [9.17, 15) is 33.1 Å². The molecule has 2 unspecified atom stereocenters. The number of aliphatic hydroxyl groups is 1. The van der Waals surface area contributed by atoms with Crippen molar-refractivity contribution in [2.24, 2.45) is 5.92 Å². The highest BCUT2D eigenvalue weighted by atomic mass is 19.1. The third kappa shape index (κ3) is 10.9. The molecule has 3 aliphatic heterocycles. The summed E-state index contributed by atoms with van der Waals surface area (Å²) in [6.45, 7) is 3.41. The Bertz CT molecular complexity index is 2550. The number of nitrogens with zero attached hydrogens (tertiary/aromatic N) is 5. The highest BCUT2D eigenvalue weighted by Crippen LogP contribution is 2.33. The number of carbonyl (C=O) groups is 4. The zero-order chi connectivity index (χ0) is 45.6. The maximum atomic E-state index is 15.2. The molecule has 3 fully saturated rings. The number of benzene rings is 4. The first-order valence-corrected chi connectivity index (χ1v) is 21.2. The predicted molar refractivity (Wildman–Crippen MR) is 234 cm³/mol. The summed E-state index contributed by atoms with van der Waals surface area (Å²) in [6.07, 6.45) is 1.90. The molecule has 0 saturated carbocycles. The average Bonchev–Trinajstić information content (AvgIpc) is 3.30. The molecule has 0 bridgehead atoms. The molecule has 4 heterocycles. The Morgan fingerprint density at radius 1 is 0.754 bits per heavy atom. The number of β-amino-alcohol motifs (C(OH)–C–C–N with tert-alkyl or cyclic N) is 1. The van der Waals surface area contributed by atoms with E-state index in [1.807, 2.05) is 5.01 Å². The number of hydrogen-bond donors (Lipinski definition) is 6. The summed E-state index contributed by atoms with van der Waals surface area (Å²) < 4.78 is 59.0. The quantitative estimate of drug-likeness (QED) is 0.0615. The van der Waals surface area contributed by atoms with Crippen molar-refractivity contribution in [2.45, 2.75) is 37.7 Å². The van der Waals surface area contributed by atoms with Gasteiger partial charge in [-0.25, -0.2) is 27.6 Å². The van der Waals surface area contributed by atoms with Crippen LogP contribution in [0.25, 0.3) is 0 Å². The molecule has 8 rings (SSSR count). The van der Waals surface area contributed by atoms with Crippen LogP contribution in [-0.2, 0) is 9.59 Å². The second-order valence-electron chi connectivity index (χ2n) is 16.2. The minimum absolute atomic E-state index is 0.00967. The lowest BCUT2D eigenvalue weighted by Gasteiger charge is -2.39. The molecule has 3 saturated heterocycles. The van der Waals surface area contributed by atoms with Crippen LogP contribution in [0.3, 0.4) is 0 Å². The largest absolute Gasteiger partial charge is 0.392 e. The molecule has 0 radical (unpaired) electrons. The number of piperazine rings is 1. The molecular weight excluding hydrogens is 849 g/mol. The van der Waals surface area contributed by atoms with Gasteiger partial charge in [0.2, 0.25) is 17.8 Å². The molecule has 19 heteroatoms. The van der Waals surface area contributed by atoms with E-state index in [1.54, 1.807) is 59.5 Å². The van der Waals surface area contributed by atoms with Gasteiger partial charge in [-0.3, -0.25) is 34.8 Å². The fourth-order valence-corrected chi connectivity index (χ4v) is 8.21. The molecule has 5 aromatic rings. The molecule has 65 heavy (non-hydrogen) atoms. The summed E-state index contributed by atoms with van der Waals surface area (Å²) in [7, 11) is 0. The number of hydrazine groups is 1. The van der Waals surface area contributed by atoms with E-state index < -0.39 is 53.0 Å². The van der Waals surface area contributed by atoms with Gasteiger partial charge in [0.25, 0.3) is 11.8 Å². The first-order chi connectivity index (χ1) is 31.4. The maximum absolute atomic E-state index is 15.2. The van der Waals surface area contributed by atoms with E-state index in [-0.39, 0.29) is 53.2 Å². The number of amides is 4. The van der Waals surface area contributed by atoms with Gasteiger partial charge in [0, 0.05) is 86.5 Å². The molecule has 0 spiro atoms. The number of rotatable bonds is 13. The van der Waals surface area contributed by atoms with Crippen LogP contribution in [0, 0.1) is 29.2 Å². The summed E-state index contributed by atoms with van der Waals surface area (Å²) in [4.78, 5) is 61.4. The number of imide groups is 1. The first-order valence-electron chi connectivity index (χ1n) is 21.2. The van der Waals surface area contributed by atoms with Crippen LogP contribution in [0.15, 0.2) is 91.1 Å². The van der Waals surface area contributed by atoms with Gasteiger partial charge in [-0.2, -0.15) is 4.98 Å². The zero-order valence-corrected chi connectivity index (χ0v) is 35.0. The van der Waals surface area contributed by atoms with Crippen LogP contribution >= 0.6 is 0 Å². The van der Waals surface area contributed by atoms with Crippen molar-refractivity contribution in [1.29, 1.82) is 0 Å². The standard InChI is InChI=1S/C46H46F4N10O5/c47-35-4-2-1-3-33(35)45(65)53-30-11-9-29(10-12-30)52-42-38(50)25-51-46(56-42)54-31-7-5-28(6-8-31)43(63)57-60-17-15-27(16-18-60)40(61)26-58-19-21-59(22-20-58)39-24-36(48)34(23-37(39)49)32-13-14-41(62)55-44(32)64/h1-12,23-25,27,32,40,61H,13-22,26H2,(H,53,65)(H,57,63)(H,55,62,64)(H2,51,52,54,56). The van der Waals surface area contributed by atoms with Crippen LogP contribution in [0.2, 0.25) is 0 Å². The summed E-state index contributed by atoms with van der Waals surface area (Å²) in [6, 6.07) is 20.7. The molecule has 0 aliphatic carbocycles. The molecule has 2 atom stereocenters. The van der Waals surface area contributed by atoms with Gasteiger partial charge in [-0.15, -0.1) is 0 Å². The van der Waals surface area contributed by atoms with Gasteiger partial charge < -0.3 is 26.0 Å². The van der Waals surface area contributed by atoms with Crippen LogP contribution in [0.5, 0.6) is 0 Å². The zero-order valence-electron chi connectivity index (χ0n) is 35.0. The van der Waals surface area contributed by atoms with Crippen molar-refractivity contribution < 1.29 is 41.8 Å². The smallest absolute Gasteiger partial charge is 0.265 e. The van der Waals surface area contributed by atoms with E-state index in [1.165, 1.54) is 18.2 Å². The van der Waals surface area contributed by atoms with Crippen molar-refractivity contribution in [2.75, 3.05) is 66.7 Å². The minimum atomic E-state index is -0.923. The number of aromatic nitrogens is 2. The number of hydrogen-bond acceptors (Lipinski definition) is 12. The van der Waals surface area contributed by atoms with Crippen LogP contribution < -0.4 is 31.6 Å². The van der Waals surface area contributed by atoms with Gasteiger partial charge >= 0.3 is 0 Å². The molecular formula is C46H46F4N10O5. The Morgan fingerprint density at radius 2 is 1.43 bits per heavy atom. The predicted octanol–water partition coefficient (Wildman–Crippen LogP) is 5.83. The monoisotopic (exact) mass is 894 g/mol. The molecule has 6 N–H and O–H groups in total. The van der Waals surface area contributed by atoms with E-state index in [2.05, 4.69) is 41.6 Å². The van der Waals surface area contributed by atoms with Gasteiger partial charge in [0.15, 0.2) is 11.6 Å². The van der Waals surface area contributed by atoms with E-state index in [0.29, 0.717) is 81.3 Å². The topological polar surface area (TPSA) is 184 Å². The summed E-state index contributed by atoms with van der Waals surface area (Å²) >= 11 is 0. The Balaban J connectivity index is 0.759. The number of anilines is 6. The minimum Gasteiger partial charge on any atom is -0.392 e. The first kappa shape index (κ1) is 44.6. The number of carbonyl (C=O) groups excluding carboxylic acids is 4. The number of nitrogens with one attached hydrogen (secondary N) is 5. The Kier molecular flexibility index (Phi) is 13.6. The molecule has 15 nitrogen and oxygen atoms in total. The Labute approximate surface area is 371 Å². The van der Waals surface area contributed by atoms with Gasteiger partial charge in [-0.1, -0.05) is 12.1 Å². The molecule has 1 aromatic heterocycles. The van der Waals surface area contributed by atoms with Crippen LogP contribution in [0.4, 0.5) is 52.1 Å². The molecule has 4 aromatic carbocycles. The highest BCUT2D eigenvalue weighted by molar-refractivity contribution is 6.04. The number of piperidine rings is 2. The van der Waals surface area contributed by atoms with E-state index in [0.717, 1.165) is 18.3 Å². The maximum Gasteiger partial charge on any atom is 0.265 e. The highest BCUT2D eigenvalue weighted by Gasteiger charge is 2.33. The summed E-state index contributed by atoms with van der Waals surface area (Å²) in [5.41, 5.74) is 4.72. The van der Waals surface area contributed by atoms with E-state index >= 15 is 8.78 Å². The van der Waals surface area contributed by atoms with Crippen LogP contribution in [0.1, 0.15) is 57.9 Å². The third-order valence-corrected chi connectivity index (χ3v) is 11.9. The van der Waals surface area contributed by atoms with Gasteiger partial charge in [0.1, 0.15) is 17.5 Å². The van der Waals surface area contributed by atoms with Gasteiger partial charge in [0.05, 0.1) is 29.5 Å². The Hall–Kier alpha value is -6.96. The van der Waals surface area contributed by atoms with Gasteiger partial charge in [-0.05, 0) is 91.9 Å². The van der Waals surface area contributed by atoms with Crippen molar-refractivity contribution in [3.05, 3.63) is 131 Å². The average molecular weight is 895 g/mol. The van der Waals surface area contributed by atoms with Crippen molar-refractivity contribution in [3.8, 4) is 0 Å². The summed E-state index contributed by atoms with van der Waals surface area (Å²) in [5, 5.41) is 23.7. The second-order valence-corrected chi connectivity index (χ2v) is 16.2. The Morgan fingerprint density at radius 3 is 2.14 bits per heavy atom. The fraction of sp³-hybridized carbons (Fsp3) is 0.304. The van der Waals surface area contributed by atoms with Crippen molar-refractivity contribution >= 4 is 58.1 Å². The normalized spacial score (nSPS) is 17.9. The second kappa shape index (κ2) is 19.8. The lowest BCUT2D eigenvalue weighted by Crippen LogP contribution is -2.52. The molecule has 3 aliphatic rings. The van der Waals surface area contributed by atoms with E-state index in [4.69, 9.17) is 0 Å². The van der Waals surface area contributed by atoms with Crippen LogP contribution in [-0.4, -0.2) is 101 Å². The molecule has 338 valence electrons. The lowest BCUT2D eigenvalue weighted by molar-refractivity contribution is -0.134. The molecule has 4 amide bonds. The van der Waals surface area contributed by atoms with Crippen molar-refractivity contribution in [3.63, 3.8) is 0 Å². The number of halogens is 4. The number of aliphatic hydroxyl groups excluding tert-OH is 1. The lowest BCUT2D eigenvalue weighted by atomic mass is 9.89. The SMILES string of the molecule is O=C1CCC(c2cc(F)c(N3CCN(CC(O)C4CCN(NC(=O)c5ccc(Nc6ncc(F)c(Nc7ccc(NC(=O)c8ccccc8F)cc7)n6)cc5)CC4)CC3)cc2F)C(=O)N1. The fourth-order valence-electron chi connectivity index (χ4n) is 8.21. The summed E-state index contributed by atoms with van der Waals surface area (Å²) in [5.74, 6) is -5.57. The third-order valence-electron chi connectivity index (χ3n) is 11.9. The van der Waals surface area contributed by atoms with Crippen molar-refractivity contribution in [1.82, 2.24) is 30.6 Å².